The fourth-order valence-electron chi connectivity index (χ4n) is 2.39. The Morgan fingerprint density at radius 2 is 2.26 bits per heavy atom. The van der Waals surface area contributed by atoms with Crippen LogP contribution < -0.4 is 0 Å². The molecule has 0 atom stereocenters. The number of phenols is 1. The highest BCUT2D eigenvalue weighted by Crippen LogP contribution is 2.37. The zero-order valence-electron chi connectivity index (χ0n) is 10.8. The molecule has 0 amide bonds. The predicted octanol–water partition coefficient (Wildman–Crippen LogP) is 2.55. The van der Waals surface area contributed by atoms with Gasteiger partial charge in [-0.2, -0.15) is 4.98 Å². The summed E-state index contributed by atoms with van der Waals surface area (Å²) in [7, 11) is 1.73. The van der Waals surface area contributed by atoms with E-state index in [9.17, 15) is 5.11 Å². The third-order valence-electron chi connectivity index (χ3n) is 3.74. The van der Waals surface area contributed by atoms with Crippen molar-refractivity contribution in [3.63, 3.8) is 0 Å². The normalized spacial score (nSPS) is 17.1. The van der Waals surface area contributed by atoms with Gasteiger partial charge in [-0.1, -0.05) is 17.3 Å². The molecule has 2 aromatic rings. The van der Waals surface area contributed by atoms with Crippen LogP contribution in [-0.4, -0.2) is 28.0 Å². The first-order valence-corrected chi connectivity index (χ1v) is 6.38. The number of benzene rings is 1. The Morgan fingerprint density at radius 3 is 2.89 bits per heavy atom. The maximum Gasteiger partial charge on any atom is 0.229 e. The average molecular weight is 260 g/mol. The minimum atomic E-state index is -0.122. The van der Waals surface area contributed by atoms with Gasteiger partial charge in [0.1, 0.15) is 5.75 Å². The zero-order chi connectivity index (χ0) is 13.3. The minimum absolute atomic E-state index is 0.122. The molecule has 5 heteroatoms. The second-order valence-corrected chi connectivity index (χ2v) is 4.98. The van der Waals surface area contributed by atoms with E-state index >= 15 is 0 Å². The Kier molecular flexibility index (Phi) is 2.98. The standard InChI is InChI=1S/C14H16N2O3/c1-18-14(6-3-7-14)9-12-15-13(16-19-12)10-4-2-5-11(17)8-10/h2,4-5,8,17H,3,6-7,9H2,1H3. The van der Waals surface area contributed by atoms with Gasteiger partial charge in [-0.05, 0) is 31.4 Å². The highest BCUT2D eigenvalue weighted by atomic mass is 16.5. The summed E-state index contributed by atoms with van der Waals surface area (Å²) in [4.78, 5) is 4.37. The summed E-state index contributed by atoms with van der Waals surface area (Å²) in [6, 6.07) is 6.82. The van der Waals surface area contributed by atoms with Gasteiger partial charge in [-0.15, -0.1) is 0 Å². The number of aromatic nitrogens is 2. The summed E-state index contributed by atoms with van der Waals surface area (Å²) in [5.41, 5.74) is 0.623. The van der Waals surface area contributed by atoms with Gasteiger partial charge < -0.3 is 14.4 Å². The fourth-order valence-corrected chi connectivity index (χ4v) is 2.39. The van der Waals surface area contributed by atoms with Crippen molar-refractivity contribution in [2.24, 2.45) is 0 Å². The summed E-state index contributed by atoms with van der Waals surface area (Å²) in [5.74, 6) is 1.27. The Balaban J connectivity index is 1.80. The molecule has 1 aliphatic carbocycles. The number of rotatable bonds is 4. The number of aromatic hydroxyl groups is 1. The molecule has 0 unspecified atom stereocenters. The average Bonchev–Trinajstić information content (AvgIpc) is 2.82. The van der Waals surface area contributed by atoms with E-state index in [-0.39, 0.29) is 11.4 Å². The van der Waals surface area contributed by atoms with Gasteiger partial charge in [0.2, 0.25) is 11.7 Å². The maximum absolute atomic E-state index is 9.45. The third-order valence-corrected chi connectivity index (χ3v) is 3.74. The van der Waals surface area contributed by atoms with Crippen molar-refractivity contribution < 1.29 is 14.4 Å². The molecule has 1 saturated carbocycles. The Hall–Kier alpha value is -1.88. The van der Waals surface area contributed by atoms with Crippen LogP contribution in [0.4, 0.5) is 0 Å². The lowest BCUT2D eigenvalue weighted by atomic mass is 9.77. The number of ether oxygens (including phenoxy) is 1. The van der Waals surface area contributed by atoms with Crippen molar-refractivity contribution in [3.05, 3.63) is 30.2 Å². The van der Waals surface area contributed by atoms with Crippen LogP contribution in [0.3, 0.4) is 0 Å². The Labute approximate surface area is 111 Å². The summed E-state index contributed by atoms with van der Waals surface area (Å²) in [5, 5.41) is 13.4. The van der Waals surface area contributed by atoms with E-state index in [0.29, 0.717) is 18.1 Å². The first kappa shape index (κ1) is 12.2. The molecule has 5 nitrogen and oxygen atoms in total. The summed E-state index contributed by atoms with van der Waals surface area (Å²) in [6.45, 7) is 0. The van der Waals surface area contributed by atoms with Crippen molar-refractivity contribution in [1.82, 2.24) is 10.1 Å². The molecule has 19 heavy (non-hydrogen) atoms. The second-order valence-electron chi connectivity index (χ2n) is 4.98. The van der Waals surface area contributed by atoms with Crippen LogP contribution in [0.25, 0.3) is 11.4 Å². The van der Waals surface area contributed by atoms with Crippen LogP contribution in [0.15, 0.2) is 28.8 Å². The van der Waals surface area contributed by atoms with E-state index in [4.69, 9.17) is 9.26 Å². The molecule has 0 radical (unpaired) electrons. The molecule has 0 bridgehead atoms. The third kappa shape index (κ3) is 2.33. The lowest BCUT2D eigenvalue weighted by Gasteiger charge is -2.39. The van der Waals surface area contributed by atoms with Crippen LogP contribution in [0.1, 0.15) is 25.2 Å². The number of methoxy groups -OCH3 is 1. The van der Waals surface area contributed by atoms with Crippen molar-refractivity contribution >= 4 is 0 Å². The Morgan fingerprint density at radius 1 is 1.42 bits per heavy atom. The van der Waals surface area contributed by atoms with Gasteiger partial charge in [0, 0.05) is 12.7 Å². The molecule has 1 N–H and O–H groups in total. The number of hydrogen-bond donors (Lipinski definition) is 1. The predicted molar refractivity (Wildman–Crippen MR) is 68.7 cm³/mol. The molecule has 1 heterocycles. The lowest BCUT2D eigenvalue weighted by Crippen LogP contribution is -2.41. The molecule has 1 fully saturated rings. The SMILES string of the molecule is COC1(Cc2nc(-c3cccc(O)c3)no2)CCC1. The van der Waals surface area contributed by atoms with Gasteiger partial charge in [-0.3, -0.25) is 0 Å². The molecular weight excluding hydrogens is 244 g/mol. The Bertz CT molecular complexity index is 570. The summed E-state index contributed by atoms with van der Waals surface area (Å²) < 4.78 is 10.8. The van der Waals surface area contributed by atoms with Crippen LogP contribution in [-0.2, 0) is 11.2 Å². The number of nitrogens with zero attached hydrogens (tertiary/aromatic N) is 2. The van der Waals surface area contributed by atoms with Gasteiger partial charge in [0.25, 0.3) is 0 Å². The highest BCUT2D eigenvalue weighted by Gasteiger charge is 2.38. The molecule has 0 spiro atoms. The monoisotopic (exact) mass is 260 g/mol. The fraction of sp³-hybridized carbons (Fsp3) is 0.429. The molecular formula is C14H16N2O3. The van der Waals surface area contributed by atoms with Gasteiger partial charge in [0.15, 0.2) is 0 Å². The zero-order valence-corrected chi connectivity index (χ0v) is 10.8. The molecule has 1 aromatic heterocycles. The van der Waals surface area contributed by atoms with Crippen molar-refractivity contribution in [1.29, 1.82) is 0 Å². The molecule has 1 aliphatic rings. The van der Waals surface area contributed by atoms with Gasteiger partial charge in [0.05, 0.1) is 12.0 Å². The van der Waals surface area contributed by atoms with Crippen molar-refractivity contribution in [2.75, 3.05) is 7.11 Å². The summed E-state index contributed by atoms with van der Waals surface area (Å²) >= 11 is 0. The van der Waals surface area contributed by atoms with E-state index in [1.807, 2.05) is 6.07 Å². The highest BCUT2D eigenvalue weighted by molar-refractivity contribution is 5.56. The topological polar surface area (TPSA) is 68.4 Å². The molecule has 1 aromatic carbocycles. The van der Waals surface area contributed by atoms with Crippen molar-refractivity contribution in [3.8, 4) is 17.1 Å². The number of hydrogen-bond acceptors (Lipinski definition) is 5. The molecule has 3 rings (SSSR count). The molecule has 0 saturated heterocycles. The largest absolute Gasteiger partial charge is 0.508 e. The van der Waals surface area contributed by atoms with E-state index < -0.39 is 0 Å². The van der Waals surface area contributed by atoms with E-state index in [1.54, 1.807) is 25.3 Å². The van der Waals surface area contributed by atoms with E-state index in [2.05, 4.69) is 10.1 Å². The van der Waals surface area contributed by atoms with Crippen LogP contribution >= 0.6 is 0 Å². The van der Waals surface area contributed by atoms with Crippen LogP contribution in [0.2, 0.25) is 0 Å². The maximum atomic E-state index is 9.45. The molecule has 100 valence electrons. The molecule has 0 aliphatic heterocycles. The number of phenolic OH excluding ortho intramolecular Hbond substituents is 1. The van der Waals surface area contributed by atoms with E-state index in [0.717, 1.165) is 18.4 Å². The minimum Gasteiger partial charge on any atom is -0.508 e. The first-order valence-electron chi connectivity index (χ1n) is 6.38. The first-order chi connectivity index (χ1) is 9.21. The van der Waals surface area contributed by atoms with Gasteiger partial charge >= 0.3 is 0 Å². The van der Waals surface area contributed by atoms with Crippen LogP contribution in [0, 0.1) is 0 Å². The van der Waals surface area contributed by atoms with Crippen molar-refractivity contribution in [2.45, 2.75) is 31.3 Å². The van der Waals surface area contributed by atoms with Crippen LogP contribution in [0.5, 0.6) is 5.75 Å². The second kappa shape index (κ2) is 4.66. The quantitative estimate of drug-likeness (QED) is 0.915. The van der Waals surface area contributed by atoms with Gasteiger partial charge in [-0.25, -0.2) is 0 Å². The van der Waals surface area contributed by atoms with E-state index in [1.165, 1.54) is 6.42 Å². The lowest BCUT2D eigenvalue weighted by molar-refractivity contribution is -0.0751. The summed E-state index contributed by atoms with van der Waals surface area (Å²) in [6.07, 6.45) is 3.90. The smallest absolute Gasteiger partial charge is 0.229 e.